The van der Waals surface area contributed by atoms with Gasteiger partial charge in [0.2, 0.25) is 5.91 Å². The minimum Gasteiger partial charge on any atom is -0.497 e. The van der Waals surface area contributed by atoms with E-state index in [2.05, 4.69) is 31.2 Å². The second-order valence-electron chi connectivity index (χ2n) is 8.40. The summed E-state index contributed by atoms with van der Waals surface area (Å²) >= 11 is 1.56. The topological polar surface area (TPSA) is 49.9 Å². The number of benzene rings is 2. The van der Waals surface area contributed by atoms with Gasteiger partial charge in [0.05, 0.1) is 19.3 Å². The Hall–Kier alpha value is -2.47. The number of hydrogen-bond donors (Lipinski definition) is 0. The quantitative estimate of drug-likeness (QED) is 0.717. The van der Waals surface area contributed by atoms with Crippen LogP contribution in [0.5, 0.6) is 5.75 Å². The summed E-state index contributed by atoms with van der Waals surface area (Å²) in [6.07, 6.45) is 0.437. The Morgan fingerprint density at radius 2 is 1.93 bits per heavy atom. The SMILES string of the molecule is COc1ccc2c(c1)C1(SCCN1C(=O)CC(C)C)C(=O)N2Cc1ccc(C)cc1. The Balaban J connectivity index is 1.79. The van der Waals surface area contributed by atoms with E-state index in [1.54, 1.807) is 23.8 Å². The summed E-state index contributed by atoms with van der Waals surface area (Å²) in [7, 11) is 1.62. The van der Waals surface area contributed by atoms with Crippen molar-refractivity contribution in [2.75, 3.05) is 24.3 Å². The monoisotopic (exact) mass is 424 g/mol. The molecular formula is C24H28N2O3S. The van der Waals surface area contributed by atoms with Crippen molar-refractivity contribution in [2.45, 2.75) is 38.6 Å². The predicted molar refractivity (Wildman–Crippen MR) is 121 cm³/mol. The maximum atomic E-state index is 13.9. The molecule has 0 aromatic heterocycles. The maximum absolute atomic E-state index is 13.9. The van der Waals surface area contributed by atoms with Crippen molar-refractivity contribution in [1.82, 2.24) is 4.90 Å². The van der Waals surface area contributed by atoms with Gasteiger partial charge >= 0.3 is 0 Å². The first-order valence-electron chi connectivity index (χ1n) is 10.4. The van der Waals surface area contributed by atoms with Gasteiger partial charge < -0.3 is 14.5 Å². The summed E-state index contributed by atoms with van der Waals surface area (Å²) in [6, 6.07) is 14.0. The van der Waals surface area contributed by atoms with Crippen LogP contribution in [0.4, 0.5) is 5.69 Å². The lowest BCUT2D eigenvalue weighted by Gasteiger charge is -2.33. The molecule has 5 nitrogen and oxygen atoms in total. The third-order valence-electron chi connectivity index (χ3n) is 5.75. The third kappa shape index (κ3) is 3.37. The fraction of sp³-hybridized carbons (Fsp3) is 0.417. The van der Waals surface area contributed by atoms with Crippen LogP contribution in [0.15, 0.2) is 42.5 Å². The van der Waals surface area contributed by atoms with Gasteiger partial charge in [0, 0.05) is 24.3 Å². The first kappa shape index (κ1) is 20.8. The zero-order valence-corrected chi connectivity index (χ0v) is 18.8. The predicted octanol–water partition coefficient (Wildman–Crippen LogP) is 4.32. The Kier molecular flexibility index (Phi) is 5.53. The van der Waals surface area contributed by atoms with E-state index in [1.165, 1.54) is 5.56 Å². The number of ether oxygens (including phenoxy) is 1. The van der Waals surface area contributed by atoms with Crippen molar-refractivity contribution in [3.05, 3.63) is 59.2 Å². The van der Waals surface area contributed by atoms with Crippen molar-refractivity contribution >= 4 is 29.3 Å². The molecule has 158 valence electrons. The van der Waals surface area contributed by atoms with Gasteiger partial charge in [-0.05, 0) is 36.6 Å². The number of anilines is 1. The average molecular weight is 425 g/mol. The van der Waals surface area contributed by atoms with Crippen molar-refractivity contribution in [1.29, 1.82) is 0 Å². The molecule has 2 aliphatic rings. The van der Waals surface area contributed by atoms with Crippen LogP contribution in [0, 0.1) is 12.8 Å². The van der Waals surface area contributed by atoms with Crippen LogP contribution in [0.25, 0.3) is 0 Å². The highest BCUT2D eigenvalue weighted by atomic mass is 32.2. The molecule has 2 aliphatic heterocycles. The Bertz CT molecular complexity index is 973. The van der Waals surface area contributed by atoms with Gasteiger partial charge in [-0.25, -0.2) is 0 Å². The summed E-state index contributed by atoms with van der Waals surface area (Å²) in [5.41, 5.74) is 3.97. The molecule has 4 rings (SSSR count). The molecule has 2 heterocycles. The molecule has 1 atom stereocenters. The van der Waals surface area contributed by atoms with Gasteiger partial charge in [0.25, 0.3) is 5.91 Å². The second-order valence-corrected chi connectivity index (χ2v) is 9.68. The molecule has 2 amide bonds. The second kappa shape index (κ2) is 7.99. The van der Waals surface area contributed by atoms with E-state index in [9.17, 15) is 9.59 Å². The first-order chi connectivity index (χ1) is 14.4. The molecule has 1 unspecified atom stereocenters. The van der Waals surface area contributed by atoms with Crippen molar-refractivity contribution in [3.8, 4) is 5.75 Å². The summed E-state index contributed by atoms with van der Waals surface area (Å²) in [6.45, 7) is 7.18. The largest absolute Gasteiger partial charge is 0.497 e. The number of aryl methyl sites for hydroxylation is 1. The number of amides is 2. The van der Waals surface area contributed by atoms with Crippen LogP contribution < -0.4 is 9.64 Å². The normalized spacial score (nSPS) is 20.4. The van der Waals surface area contributed by atoms with E-state index < -0.39 is 4.87 Å². The fourth-order valence-electron chi connectivity index (χ4n) is 4.27. The molecule has 30 heavy (non-hydrogen) atoms. The molecule has 0 radical (unpaired) electrons. The lowest BCUT2D eigenvalue weighted by Crippen LogP contribution is -2.50. The molecule has 2 aromatic rings. The van der Waals surface area contributed by atoms with Gasteiger partial charge in [-0.2, -0.15) is 0 Å². The molecule has 0 saturated carbocycles. The standard InChI is InChI=1S/C24H28N2O3S/c1-16(2)13-22(27)26-11-12-30-24(26)20-14-19(29-4)9-10-21(20)25(23(24)28)15-18-7-5-17(3)6-8-18/h5-10,14,16H,11-13,15H2,1-4H3. The van der Waals surface area contributed by atoms with Gasteiger partial charge in [0.1, 0.15) is 5.75 Å². The Labute approximate surface area is 182 Å². The number of fused-ring (bicyclic) bond motifs is 2. The van der Waals surface area contributed by atoms with E-state index in [-0.39, 0.29) is 17.7 Å². The third-order valence-corrected chi connectivity index (χ3v) is 7.17. The van der Waals surface area contributed by atoms with Crippen LogP contribution >= 0.6 is 11.8 Å². The number of hydrogen-bond acceptors (Lipinski definition) is 4. The summed E-state index contributed by atoms with van der Waals surface area (Å²) in [5.74, 6) is 1.68. The van der Waals surface area contributed by atoms with Gasteiger partial charge in [-0.15, -0.1) is 11.8 Å². The van der Waals surface area contributed by atoms with Crippen LogP contribution in [0.3, 0.4) is 0 Å². The molecule has 6 heteroatoms. The van der Waals surface area contributed by atoms with E-state index in [4.69, 9.17) is 4.74 Å². The number of thioether (sulfide) groups is 1. The number of rotatable bonds is 5. The van der Waals surface area contributed by atoms with Gasteiger partial charge in [-0.3, -0.25) is 9.59 Å². The van der Waals surface area contributed by atoms with Crippen molar-refractivity contribution in [2.24, 2.45) is 5.92 Å². The lowest BCUT2D eigenvalue weighted by atomic mass is 10.0. The Morgan fingerprint density at radius 3 is 2.60 bits per heavy atom. The number of carbonyl (C=O) groups is 2. The van der Waals surface area contributed by atoms with E-state index in [1.807, 2.05) is 36.9 Å². The minimum absolute atomic E-state index is 0.0362. The van der Waals surface area contributed by atoms with E-state index in [0.717, 1.165) is 22.6 Å². The Morgan fingerprint density at radius 1 is 1.20 bits per heavy atom. The zero-order valence-electron chi connectivity index (χ0n) is 18.0. The number of carbonyl (C=O) groups excluding carboxylic acids is 2. The highest BCUT2D eigenvalue weighted by Gasteiger charge is 2.59. The highest BCUT2D eigenvalue weighted by molar-refractivity contribution is 8.01. The molecule has 1 spiro atoms. The van der Waals surface area contributed by atoms with Crippen molar-refractivity contribution in [3.63, 3.8) is 0 Å². The van der Waals surface area contributed by atoms with Crippen LogP contribution in [0.2, 0.25) is 0 Å². The van der Waals surface area contributed by atoms with Crippen LogP contribution in [0.1, 0.15) is 37.0 Å². The van der Waals surface area contributed by atoms with Gasteiger partial charge in [0.15, 0.2) is 4.87 Å². The van der Waals surface area contributed by atoms with Crippen LogP contribution in [-0.4, -0.2) is 36.1 Å². The molecule has 0 bridgehead atoms. The molecular weight excluding hydrogens is 396 g/mol. The molecule has 0 N–H and O–H groups in total. The number of nitrogens with zero attached hydrogens (tertiary/aromatic N) is 2. The summed E-state index contributed by atoms with van der Waals surface area (Å²) < 4.78 is 5.46. The molecule has 1 fully saturated rings. The van der Waals surface area contributed by atoms with Crippen molar-refractivity contribution < 1.29 is 14.3 Å². The molecule has 0 aliphatic carbocycles. The first-order valence-corrected chi connectivity index (χ1v) is 11.4. The zero-order chi connectivity index (χ0) is 21.5. The molecule has 2 aromatic carbocycles. The maximum Gasteiger partial charge on any atom is 0.268 e. The van der Waals surface area contributed by atoms with Gasteiger partial charge in [-0.1, -0.05) is 43.7 Å². The lowest BCUT2D eigenvalue weighted by molar-refractivity contribution is -0.140. The van der Waals surface area contributed by atoms with E-state index in [0.29, 0.717) is 25.3 Å². The number of methoxy groups -OCH3 is 1. The summed E-state index contributed by atoms with van der Waals surface area (Å²) in [5, 5.41) is 0. The summed E-state index contributed by atoms with van der Waals surface area (Å²) in [4.78, 5) is 29.7. The minimum atomic E-state index is -0.999. The molecule has 1 saturated heterocycles. The van der Waals surface area contributed by atoms with E-state index >= 15 is 0 Å². The smallest absolute Gasteiger partial charge is 0.268 e. The average Bonchev–Trinajstić information content (AvgIpc) is 3.26. The highest BCUT2D eigenvalue weighted by Crippen LogP contribution is 2.55. The fourth-order valence-corrected chi connectivity index (χ4v) is 5.74. The van der Waals surface area contributed by atoms with Crippen LogP contribution in [-0.2, 0) is 21.0 Å².